The summed E-state index contributed by atoms with van der Waals surface area (Å²) >= 11 is 0. The quantitative estimate of drug-likeness (QED) is 0.684. The van der Waals surface area contributed by atoms with Gasteiger partial charge in [0, 0.05) is 23.3 Å². The van der Waals surface area contributed by atoms with Crippen LogP contribution >= 0.6 is 0 Å². The van der Waals surface area contributed by atoms with Crippen molar-refractivity contribution in [2.45, 2.75) is 32.2 Å². The van der Waals surface area contributed by atoms with Crippen molar-refractivity contribution in [1.82, 2.24) is 14.8 Å². The van der Waals surface area contributed by atoms with E-state index < -0.39 is 0 Å². The smallest absolute Gasteiger partial charge is 0.226 e. The van der Waals surface area contributed by atoms with Gasteiger partial charge >= 0.3 is 0 Å². The topological polar surface area (TPSA) is 78.3 Å². The number of fused-ring (bicyclic) bond motifs is 1. The number of hydrogen-bond acceptors (Lipinski definition) is 6. The number of aryl methyl sites for hydroxylation is 1. The second-order valence-electron chi connectivity index (χ2n) is 7.88. The Labute approximate surface area is 180 Å². The molecule has 0 saturated heterocycles. The number of carbonyl (C=O) groups is 1. The number of allylic oxidation sites excluding steroid dienone is 2. The maximum atomic E-state index is 12.9. The van der Waals surface area contributed by atoms with Crippen molar-refractivity contribution in [3.8, 4) is 22.9 Å². The lowest BCUT2D eigenvalue weighted by molar-refractivity contribution is -0.116. The largest absolute Gasteiger partial charge is 0.493 e. The Balaban J connectivity index is 1.64. The molecule has 31 heavy (non-hydrogen) atoms. The van der Waals surface area contributed by atoms with Gasteiger partial charge in [-0.15, -0.1) is 5.10 Å². The predicted molar refractivity (Wildman–Crippen MR) is 117 cm³/mol. The van der Waals surface area contributed by atoms with E-state index in [2.05, 4.69) is 36.5 Å². The van der Waals surface area contributed by atoms with Crippen LogP contribution in [0.1, 0.15) is 36.4 Å². The minimum Gasteiger partial charge on any atom is -0.493 e. The van der Waals surface area contributed by atoms with Crippen LogP contribution in [0.5, 0.6) is 11.5 Å². The first kappa shape index (κ1) is 19.4. The number of benzene rings is 2. The van der Waals surface area contributed by atoms with Gasteiger partial charge in [-0.3, -0.25) is 4.79 Å². The van der Waals surface area contributed by atoms with E-state index >= 15 is 0 Å². The van der Waals surface area contributed by atoms with Crippen molar-refractivity contribution in [2.75, 3.05) is 19.5 Å². The summed E-state index contributed by atoms with van der Waals surface area (Å²) in [5.41, 5.74) is 4.77. The highest BCUT2D eigenvalue weighted by atomic mass is 16.5. The number of ether oxygens (including phenoxy) is 2. The fourth-order valence-corrected chi connectivity index (χ4v) is 4.31. The van der Waals surface area contributed by atoms with Crippen molar-refractivity contribution in [2.24, 2.45) is 0 Å². The van der Waals surface area contributed by atoms with Crippen LogP contribution in [0.2, 0.25) is 0 Å². The Bertz CT molecular complexity index is 1190. The number of ketones is 1. The Morgan fingerprint density at radius 3 is 2.55 bits per heavy atom. The molecule has 1 N–H and O–H groups in total. The highest BCUT2D eigenvalue weighted by Gasteiger charge is 2.36. The Kier molecular flexibility index (Phi) is 4.73. The summed E-state index contributed by atoms with van der Waals surface area (Å²) < 4.78 is 12.6. The lowest BCUT2D eigenvalue weighted by Gasteiger charge is -2.32. The van der Waals surface area contributed by atoms with Crippen molar-refractivity contribution < 1.29 is 14.3 Å². The number of aromatic nitrogens is 3. The predicted octanol–water partition coefficient (Wildman–Crippen LogP) is 4.29. The van der Waals surface area contributed by atoms with E-state index in [1.807, 2.05) is 22.9 Å². The number of carbonyl (C=O) groups excluding carboxylic acids is 1. The van der Waals surface area contributed by atoms with Crippen LogP contribution in [0, 0.1) is 6.92 Å². The van der Waals surface area contributed by atoms with Gasteiger partial charge in [-0.1, -0.05) is 29.8 Å². The molecule has 5 rings (SSSR count). The number of anilines is 1. The molecule has 7 nitrogen and oxygen atoms in total. The van der Waals surface area contributed by atoms with Gasteiger partial charge in [-0.2, -0.15) is 4.98 Å². The molecule has 0 radical (unpaired) electrons. The van der Waals surface area contributed by atoms with E-state index in [0.717, 1.165) is 35.2 Å². The van der Waals surface area contributed by atoms with Crippen molar-refractivity contribution in [1.29, 1.82) is 0 Å². The third-order valence-corrected chi connectivity index (χ3v) is 5.90. The van der Waals surface area contributed by atoms with Crippen molar-refractivity contribution in [3.05, 3.63) is 64.9 Å². The third kappa shape index (κ3) is 3.26. The Morgan fingerprint density at radius 1 is 1.03 bits per heavy atom. The van der Waals surface area contributed by atoms with Crippen molar-refractivity contribution in [3.63, 3.8) is 0 Å². The van der Waals surface area contributed by atoms with Gasteiger partial charge in [0.1, 0.15) is 6.04 Å². The lowest BCUT2D eigenvalue weighted by Crippen LogP contribution is -2.31. The number of nitrogens with zero attached hydrogens (tertiary/aromatic N) is 3. The van der Waals surface area contributed by atoms with Crippen LogP contribution in [0.25, 0.3) is 11.4 Å². The summed E-state index contributed by atoms with van der Waals surface area (Å²) in [6, 6.07) is 13.6. The van der Waals surface area contributed by atoms with Gasteiger partial charge in [0.15, 0.2) is 23.1 Å². The summed E-state index contributed by atoms with van der Waals surface area (Å²) in [5.74, 6) is 2.64. The average Bonchev–Trinajstić information content (AvgIpc) is 3.22. The molecular weight excluding hydrogens is 392 g/mol. The highest BCUT2D eigenvalue weighted by molar-refractivity contribution is 5.99. The normalized spacial score (nSPS) is 17.6. The molecule has 0 spiro atoms. The van der Waals surface area contributed by atoms with Crippen LogP contribution < -0.4 is 14.8 Å². The zero-order valence-corrected chi connectivity index (χ0v) is 17.8. The summed E-state index contributed by atoms with van der Waals surface area (Å²) in [7, 11) is 3.21. The standard InChI is InChI=1S/C24H24N4O3/c1-14-7-9-15(10-8-14)22-21-17(5-4-6-18(21)29)25-24-26-23(27-28(22)24)16-11-12-19(30-2)20(13-16)31-3/h7-13,22H,4-6H2,1-3H3,(H,25,26,27). The lowest BCUT2D eigenvalue weighted by atomic mass is 9.85. The molecule has 3 aromatic rings. The van der Waals surface area contributed by atoms with E-state index in [1.165, 1.54) is 5.56 Å². The fraction of sp³-hybridized carbons (Fsp3) is 0.292. The molecule has 1 aliphatic heterocycles. The van der Waals surface area contributed by atoms with E-state index in [9.17, 15) is 4.79 Å². The van der Waals surface area contributed by atoms with Gasteiger partial charge in [-0.05, 0) is 43.5 Å². The summed E-state index contributed by atoms with van der Waals surface area (Å²) in [6.45, 7) is 2.05. The van der Waals surface area contributed by atoms with Crippen LogP contribution in [0.3, 0.4) is 0 Å². The van der Waals surface area contributed by atoms with Gasteiger partial charge < -0.3 is 14.8 Å². The molecule has 158 valence electrons. The summed E-state index contributed by atoms with van der Waals surface area (Å²) in [5, 5.41) is 8.19. The zero-order valence-electron chi connectivity index (χ0n) is 17.8. The van der Waals surface area contributed by atoms with Crippen molar-refractivity contribution >= 4 is 11.7 Å². The van der Waals surface area contributed by atoms with Crippen LogP contribution in [-0.2, 0) is 4.79 Å². The second-order valence-corrected chi connectivity index (χ2v) is 7.88. The molecule has 2 aromatic carbocycles. The molecule has 1 atom stereocenters. The first-order valence-electron chi connectivity index (χ1n) is 10.4. The average molecular weight is 416 g/mol. The fourth-order valence-electron chi connectivity index (χ4n) is 4.31. The molecule has 0 saturated carbocycles. The van der Waals surface area contributed by atoms with E-state index in [-0.39, 0.29) is 11.8 Å². The second kappa shape index (κ2) is 7.58. The monoisotopic (exact) mass is 416 g/mol. The maximum absolute atomic E-state index is 12.9. The zero-order chi connectivity index (χ0) is 21.5. The van der Waals surface area contributed by atoms with E-state index in [4.69, 9.17) is 19.6 Å². The molecule has 2 aliphatic rings. The molecule has 1 unspecified atom stereocenters. The van der Waals surface area contributed by atoms with Crippen LogP contribution in [0.4, 0.5) is 5.95 Å². The van der Waals surface area contributed by atoms with E-state index in [1.54, 1.807) is 14.2 Å². The van der Waals surface area contributed by atoms with Crippen LogP contribution in [-0.4, -0.2) is 34.8 Å². The molecule has 0 bridgehead atoms. The first-order valence-corrected chi connectivity index (χ1v) is 10.4. The summed E-state index contributed by atoms with van der Waals surface area (Å²) in [6.07, 6.45) is 2.25. The number of hydrogen-bond donors (Lipinski definition) is 1. The molecule has 7 heteroatoms. The minimum absolute atomic E-state index is 0.174. The van der Waals surface area contributed by atoms with Gasteiger partial charge in [-0.25, -0.2) is 4.68 Å². The number of rotatable bonds is 4. The number of methoxy groups -OCH3 is 2. The summed E-state index contributed by atoms with van der Waals surface area (Å²) in [4.78, 5) is 17.7. The molecule has 1 aromatic heterocycles. The molecule has 1 aliphatic carbocycles. The highest BCUT2D eigenvalue weighted by Crippen LogP contribution is 2.41. The molecular formula is C24H24N4O3. The number of nitrogens with one attached hydrogen (secondary N) is 1. The molecule has 0 amide bonds. The Morgan fingerprint density at radius 2 is 1.81 bits per heavy atom. The first-order chi connectivity index (χ1) is 15.1. The van der Waals surface area contributed by atoms with Crippen LogP contribution in [0.15, 0.2) is 53.7 Å². The molecule has 2 heterocycles. The maximum Gasteiger partial charge on any atom is 0.226 e. The van der Waals surface area contributed by atoms with Gasteiger partial charge in [0.25, 0.3) is 0 Å². The van der Waals surface area contributed by atoms with E-state index in [0.29, 0.717) is 29.7 Å². The van der Waals surface area contributed by atoms with Gasteiger partial charge in [0.2, 0.25) is 5.95 Å². The third-order valence-electron chi connectivity index (χ3n) is 5.90. The van der Waals surface area contributed by atoms with Gasteiger partial charge in [0.05, 0.1) is 14.2 Å². The molecule has 0 fully saturated rings. The minimum atomic E-state index is -0.291. The number of Topliss-reactive ketones (excluding diaryl/α,β-unsaturated/α-hetero) is 1. The SMILES string of the molecule is COc1ccc(-c2nc3n(n2)C(c2ccc(C)cc2)C2=C(CCCC2=O)N3)cc1OC. The Hall–Kier alpha value is -3.61.